The Morgan fingerprint density at radius 2 is 2.22 bits per heavy atom. The number of nitrogens with zero attached hydrogens (tertiary/aromatic N) is 2. The van der Waals surface area contributed by atoms with Crippen molar-refractivity contribution in [1.82, 2.24) is 20.4 Å². The summed E-state index contributed by atoms with van der Waals surface area (Å²) in [6.45, 7) is 8.01. The molecule has 2 atom stereocenters. The average Bonchev–Trinajstić information content (AvgIpc) is 2.62. The number of H-pyrrole nitrogens is 1. The van der Waals surface area contributed by atoms with Crippen LogP contribution in [0.1, 0.15) is 35.1 Å². The standard InChI is InChI=1S/C13H22N4O/c1-8-7-17(4)6-5-11(8)14-13(18)12-9(2)15-16-10(12)3/h8,11H,5-7H2,1-4H3,(H,14,18)(H,15,16). The van der Waals surface area contributed by atoms with Gasteiger partial charge in [0.05, 0.1) is 11.3 Å². The Labute approximate surface area is 108 Å². The third kappa shape index (κ3) is 2.56. The molecule has 2 rings (SSSR count). The van der Waals surface area contributed by atoms with Crippen LogP contribution in [-0.2, 0) is 0 Å². The Kier molecular flexibility index (Phi) is 3.71. The lowest BCUT2D eigenvalue weighted by atomic mass is 9.94. The summed E-state index contributed by atoms with van der Waals surface area (Å²) in [5.41, 5.74) is 2.30. The van der Waals surface area contributed by atoms with Gasteiger partial charge >= 0.3 is 0 Å². The molecule has 5 heteroatoms. The lowest BCUT2D eigenvalue weighted by Crippen LogP contribution is -2.49. The molecule has 2 N–H and O–H groups in total. The van der Waals surface area contributed by atoms with Crippen molar-refractivity contribution in [2.45, 2.75) is 33.2 Å². The Hall–Kier alpha value is -1.36. The van der Waals surface area contributed by atoms with E-state index < -0.39 is 0 Å². The first-order valence-electron chi connectivity index (χ1n) is 6.50. The van der Waals surface area contributed by atoms with Gasteiger partial charge in [0.25, 0.3) is 5.91 Å². The van der Waals surface area contributed by atoms with Gasteiger partial charge in [-0.1, -0.05) is 6.92 Å². The van der Waals surface area contributed by atoms with Crippen LogP contribution in [0, 0.1) is 19.8 Å². The maximum absolute atomic E-state index is 12.3. The van der Waals surface area contributed by atoms with Crippen LogP contribution in [0.5, 0.6) is 0 Å². The second kappa shape index (κ2) is 5.10. The van der Waals surface area contributed by atoms with Gasteiger partial charge in [0.1, 0.15) is 0 Å². The van der Waals surface area contributed by atoms with Gasteiger partial charge in [-0.3, -0.25) is 9.89 Å². The van der Waals surface area contributed by atoms with Gasteiger partial charge in [-0.15, -0.1) is 0 Å². The summed E-state index contributed by atoms with van der Waals surface area (Å²) >= 11 is 0. The van der Waals surface area contributed by atoms with Crippen LogP contribution >= 0.6 is 0 Å². The van der Waals surface area contributed by atoms with Crippen molar-refractivity contribution in [2.75, 3.05) is 20.1 Å². The van der Waals surface area contributed by atoms with E-state index in [1.54, 1.807) is 0 Å². The molecule has 0 radical (unpaired) electrons. The molecule has 0 bridgehead atoms. The number of rotatable bonds is 2. The molecule has 0 saturated carbocycles. The number of aromatic amines is 1. The third-order valence-corrected chi connectivity index (χ3v) is 3.78. The summed E-state index contributed by atoms with van der Waals surface area (Å²) in [6, 6.07) is 0.266. The van der Waals surface area contributed by atoms with E-state index in [9.17, 15) is 4.79 Å². The molecule has 2 unspecified atom stereocenters. The van der Waals surface area contributed by atoms with Crippen LogP contribution in [0.2, 0.25) is 0 Å². The summed E-state index contributed by atoms with van der Waals surface area (Å²) < 4.78 is 0. The molecule has 1 amide bonds. The van der Waals surface area contributed by atoms with Crippen molar-refractivity contribution < 1.29 is 4.79 Å². The lowest BCUT2D eigenvalue weighted by molar-refractivity contribution is 0.0882. The van der Waals surface area contributed by atoms with Crippen molar-refractivity contribution in [3.05, 3.63) is 17.0 Å². The fourth-order valence-electron chi connectivity index (χ4n) is 2.69. The number of amides is 1. The minimum absolute atomic E-state index is 0.000142. The number of carbonyl (C=O) groups excluding carboxylic acids is 1. The molecule has 1 aromatic heterocycles. The number of aryl methyl sites for hydroxylation is 2. The molecular weight excluding hydrogens is 228 g/mol. The molecule has 18 heavy (non-hydrogen) atoms. The predicted molar refractivity (Wildman–Crippen MR) is 70.6 cm³/mol. The molecule has 1 aliphatic heterocycles. The van der Waals surface area contributed by atoms with Crippen molar-refractivity contribution in [1.29, 1.82) is 0 Å². The Morgan fingerprint density at radius 1 is 1.50 bits per heavy atom. The van der Waals surface area contributed by atoms with Gasteiger partial charge < -0.3 is 10.2 Å². The number of aromatic nitrogens is 2. The van der Waals surface area contributed by atoms with Gasteiger partial charge in [-0.25, -0.2) is 0 Å². The van der Waals surface area contributed by atoms with E-state index >= 15 is 0 Å². The first-order chi connectivity index (χ1) is 8.49. The summed E-state index contributed by atoms with van der Waals surface area (Å²) in [7, 11) is 2.12. The second-order valence-corrected chi connectivity index (χ2v) is 5.42. The molecule has 1 aromatic rings. The number of likely N-dealkylation sites (tertiary alicyclic amines) is 1. The van der Waals surface area contributed by atoms with E-state index in [4.69, 9.17) is 0 Å². The fourth-order valence-corrected chi connectivity index (χ4v) is 2.69. The third-order valence-electron chi connectivity index (χ3n) is 3.78. The van der Waals surface area contributed by atoms with E-state index in [1.807, 2.05) is 13.8 Å². The maximum Gasteiger partial charge on any atom is 0.255 e. The number of hydrogen-bond acceptors (Lipinski definition) is 3. The molecule has 2 heterocycles. The zero-order valence-electron chi connectivity index (χ0n) is 11.6. The SMILES string of the molecule is Cc1n[nH]c(C)c1C(=O)NC1CCN(C)CC1C. The van der Waals surface area contributed by atoms with Crippen molar-refractivity contribution >= 4 is 5.91 Å². The highest BCUT2D eigenvalue weighted by Gasteiger charge is 2.27. The fraction of sp³-hybridized carbons (Fsp3) is 0.692. The van der Waals surface area contributed by atoms with E-state index in [2.05, 4.69) is 34.4 Å². The van der Waals surface area contributed by atoms with Gasteiger partial charge in [-0.2, -0.15) is 5.10 Å². The Morgan fingerprint density at radius 3 is 2.78 bits per heavy atom. The van der Waals surface area contributed by atoms with E-state index in [0.29, 0.717) is 11.5 Å². The Bertz CT molecular complexity index is 421. The predicted octanol–water partition coefficient (Wildman–Crippen LogP) is 1.10. The first kappa shape index (κ1) is 13.1. The number of carbonyl (C=O) groups is 1. The molecule has 0 aliphatic carbocycles. The van der Waals surface area contributed by atoms with Crippen LogP contribution < -0.4 is 5.32 Å². The zero-order valence-corrected chi connectivity index (χ0v) is 11.6. The molecule has 100 valence electrons. The van der Waals surface area contributed by atoms with Crippen LogP contribution in [0.3, 0.4) is 0 Å². The van der Waals surface area contributed by atoms with Crippen molar-refractivity contribution in [3.8, 4) is 0 Å². The number of hydrogen-bond donors (Lipinski definition) is 2. The quantitative estimate of drug-likeness (QED) is 0.826. The highest BCUT2D eigenvalue weighted by molar-refractivity contribution is 5.96. The summed E-state index contributed by atoms with van der Waals surface area (Å²) in [5, 5.41) is 10.1. The monoisotopic (exact) mass is 250 g/mol. The van der Waals surface area contributed by atoms with E-state index in [1.165, 1.54) is 0 Å². The minimum atomic E-state index is 0.000142. The average molecular weight is 250 g/mol. The van der Waals surface area contributed by atoms with E-state index in [-0.39, 0.29) is 11.9 Å². The zero-order chi connectivity index (χ0) is 13.3. The molecule has 5 nitrogen and oxygen atoms in total. The van der Waals surface area contributed by atoms with Crippen LogP contribution in [0.15, 0.2) is 0 Å². The summed E-state index contributed by atoms with van der Waals surface area (Å²) in [6.07, 6.45) is 1.01. The Balaban J connectivity index is 2.04. The van der Waals surface area contributed by atoms with Crippen molar-refractivity contribution in [3.63, 3.8) is 0 Å². The molecular formula is C13H22N4O. The van der Waals surface area contributed by atoms with Gasteiger partial charge in [0.15, 0.2) is 0 Å². The van der Waals surface area contributed by atoms with Crippen LogP contribution in [0.4, 0.5) is 0 Å². The van der Waals surface area contributed by atoms with Crippen LogP contribution in [-0.4, -0.2) is 47.2 Å². The van der Waals surface area contributed by atoms with Crippen molar-refractivity contribution in [2.24, 2.45) is 5.92 Å². The largest absolute Gasteiger partial charge is 0.349 e. The summed E-state index contributed by atoms with van der Waals surface area (Å²) in [5.74, 6) is 0.486. The smallest absolute Gasteiger partial charge is 0.255 e. The molecule has 0 aromatic carbocycles. The van der Waals surface area contributed by atoms with Crippen LogP contribution in [0.25, 0.3) is 0 Å². The maximum atomic E-state index is 12.3. The van der Waals surface area contributed by atoms with Gasteiger partial charge in [0.2, 0.25) is 0 Å². The molecule has 1 aliphatic rings. The minimum Gasteiger partial charge on any atom is -0.349 e. The lowest BCUT2D eigenvalue weighted by Gasteiger charge is -2.35. The molecule has 1 saturated heterocycles. The van der Waals surface area contributed by atoms with E-state index in [0.717, 1.165) is 30.9 Å². The normalized spacial score (nSPS) is 25.1. The van der Waals surface area contributed by atoms with Gasteiger partial charge in [0, 0.05) is 18.3 Å². The first-order valence-corrected chi connectivity index (χ1v) is 6.50. The summed E-state index contributed by atoms with van der Waals surface area (Å²) in [4.78, 5) is 14.6. The number of nitrogens with one attached hydrogen (secondary N) is 2. The highest BCUT2D eigenvalue weighted by atomic mass is 16.1. The number of piperidine rings is 1. The van der Waals surface area contributed by atoms with Gasteiger partial charge in [-0.05, 0) is 39.8 Å². The second-order valence-electron chi connectivity index (χ2n) is 5.42. The highest BCUT2D eigenvalue weighted by Crippen LogP contribution is 2.17. The topological polar surface area (TPSA) is 61.0 Å². The molecule has 1 fully saturated rings. The molecule has 0 spiro atoms.